The third-order valence-corrected chi connectivity index (χ3v) is 15.6. The highest BCUT2D eigenvalue weighted by Crippen LogP contribution is 2.43. The molecule has 0 aliphatic carbocycles. The Balaban J connectivity index is 3.99. The fourth-order valence-corrected chi connectivity index (χ4v) is 10.1. The largest absolute Gasteiger partial charge is 0.472 e. The Bertz CT molecular complexity index is 2280. The maximum atomic E-state index is 12.8. The first kappa shape index (κ1) is 87.6. The number of allylic oxidation sites excluding steroid dienone is 34. The summed E-state index contributed by atoms with van der Waals surface area (Å²) in [6.45, 7) is 3.49. The van der Waals surface area contributed by atoms with Crippen LogP contribution >= 0.6 is 7.82 Å². The number of ether oxygens (including phenoxy) is 2. The van der Waals surface area contributed by atoms with E-state index in [9.17, 15) is 19.0 Å². The van der Waals surface area contributed by atoms with Gasteiger partial charge in [0.1, 0.15) is 6.61 Å². The first-order valence-electron chi connectivity index (χ1n) is 36.6. The van der Waals surface area contributed by atoms with Gasteiger partial charge in [-0.2, -0.15) is 0 Å². The molecule has 93 heavy (non-hydrogen) atoms. The molecule has 3 N–H and O–H groups in total. The first-order chi connectivity index (χ1) is 45.8. The molecular formula is C83H132NO8P. The van der Waals surface area contributed by atoms with Gasteiger partial charge in [-0.3, -0.25) is 18.6 Å². The van der Waals surface area contributed by atoms with Crippen molar-refractivity contribution in [3.8, 4) is 0 Å². The summed E-state index contributed by atoms with van der Waals surface area (Å²) < 4.78 is 33.2. The van der Waals surface area contributed by atoms with Crippen molar-refractivity contribution in [3.05, 3.63) is 207 Å². The van der Waals surface area contributed by atoms with Crippen LogP contribution in [0.1, 0.15) is 271 Å². The lowest BCUT2D eigenvalue weighted by Gasteiger charge is -2.19. The molecule has 0 aromatic rings. The summed E-state index contributed by atoms with van der Waals surface area (Å²) in [4.78, 5) is 35.4. The molecule has 0 heterocycles. The Kier molecular flexibility index (Phi) is 71.2. The van der Waals surface area contributed by atoms with Crippen molar-refractivity contribution in [2.75, 3.05) is 26.4 Å². The highest BCUT2D eigenvalue weighted by Gasteiger charge is 2.26. The normalized spacial score (nSPS) is 14.2. The predicted molar refractivity (Wildman–Crippen MR) is 403 cm³/mol. The summed E-state index contributed by atoms with van der Waals surface area (Å²) in [5.41, 5.74) is 5.40. The number of hydrogen-bond donors (Lipinski definition) is 2. The van der Waals surface area contributed by atoms with Crippen molar-refractivity contribution in [2.24, 2.45) is 5.73 Å². The summed E-state index contributed by atoms with van der Waals surface area (Å²) in [7, 11) is -4.41. The molecule has 0 bridgehead atoms. The number of carbonyl (C=O) groups excluding carboxylic acids is 2. The quantitative estimate of drug-likeness (QED) is 0.0264. The van der Waals surface area contributed by atoms with Crippen molar-refractivity contribution >= 4 is 19.8 Å². The van der Waals surface area contributed by atoms with E-state index in [-0.39, 0.29) is 32.6 Å². The van der Waals surface area contributed by atoms with Crippen LogP contribution in [0.2, 0.25) is 0 Å². The Labute approximate surface area is 569 Å². The molecule has 0 aromatic carbocycles. The van der Waals surface area contributed by atoms with E-state index in [1.54, 1.807) is 0 Å². The lowest BCUT2D eigenvalue weighted by molar-refractivity contribution is -0.161. The van der Waals surface area contributed by atoms with Crippen molar-refractivity contribution in [1.29, 1.82) is 0 Å². The summed E-state index contributed by atoms with van der Waals surface area (Å²) in [6.07, 6.45) is 116. The molecule has 522 valence electrons. The lowest BCUT2D eigenvalue weighted by Crippen LogP contribution is -2.29. The van der Waals surface area contributed by atoms with E-state index in [1.807, 2.05) is 0 Å². The summed E-state index contributed by atoms with van der Waals surface area (Å²) in [6, 6.07) is 0. The monoisotopic (exact) mass is 1300 g/mol. The van der Waals surface area contributed by atoms with Gasteiger partial charge < -0.3 is 20.1 Å². The standard InChI is InChI=1S/C83H132NO8P/c1-3-5-7-9-11-13-15-17-19-21-23-25-27-29-31-33-35-37-39-40-42-43-45-47-49-51-53-55-57-59-61-63-65-67-69-71-73-75-82(85)89-79-81(80-91-93(87,88)90-78-77-84)92-83(86)76-74-72-70-68-66-64-62-60-58-56-54-52-50-48-46-44-41-38-36-34-32-30-28-26-24-22-20-18-16-14-12-10-8-6-4-2/h5-8,11-14,17-20,23-26,29-32,35-38,40,42,44-47,50,52,56,58,81H,3-4,9-10,15-16,21-22,27-28,33-34,39,41,43,48-49,51,53-55,57,59-80,84H2,1-2H3,(H,87,88)/b7-5-,8-6-,13-11-,14-12-,19-17-,20-18-,25-23-,26-24-,31-29-,32-30-,37-35-,38-36-,42-40-,46-44-,47-45-,52-50-,58-56-. The minimum Gasteiger partial charge on any atom is -0.462 e. The molecule has 0 rings (SSSR count). The molecular weight excluding hydrogens is 1170 g/mol. The van der Waals surface area contributed by atoms with Crippen LogP contribution in [0.25, 0.3) is 0 Å². The zero-order valence-electron chi connectivity index (χ0n) is 58.6. The minimum absolute atomic E-state index is 0.0410. The Morgan fingerprint density at radius 1 is 0.323 bits per heavy atom. The number of esters is 2. The topological polar surface area (TPSA) is 134 Å². The van der Waals surface area contributed by atoms with Crippen molar-refractivity contribution < 1.29 is 37.6 Å². The minimum atomic E-state index is -4.41. The van der Waals surface area contributed by atoms with Crippen LogP contribution in [0.3, 0.4) is 0 Å². The van der Waals surface area contributed by atoms with Gasteiger partial charge in [0.15, 0.2) is 6.10 Å². The fraction of sp³-hybridized carbons (Fsp3) is 0.566. The Hall–Kier alpha value is -5.41. The predicted octanol–water partition coefficient (Wildman–Crippen LogP) is 24.6. The number of phosphoric acid groups is 1. The van der Waals surface area contributed by atoms with Crippen molar-refractivity contribution in [1.82, 2.24) is 0 Å². The molecule has 0 aliphatic rings. The molecule has 0 saturated carbocycles. The molecule has 0 amide bonds. The molecule has 2 unspecified atom stereocenters. The van der Waals surface area contributed by atoms with Gasteiger partial charge in [-0.15, -0.1) is 0 Å². The maximum absolute atomic E-state index is 12.8. The first-order valence-corrected chi connectivity index (χ1v) is 38.1. The number of phosphoric ester groups is 1. The van der Waals surface area contributed by atoms with Crippen LogP contribution in [0, 0.1) is 0 Å². The lowest BCUT2D eigenvalue weighted by atomic mass is 10.0. The molecule has 0 spiro atoms. The van der Waals surface area contributed by atoms with Crippen LogP contribution in [0.4, 0.5) is 0 Å². The SMILES string of the molecule is CC/C=C\C/C=C\C/C=C\C/C=C\C/C=C\C/C=C\C/C=C\C/C=C\C/C=C\CCCCCCCCCC(=O)OC(COC(=O)CCCCCCCCCCCCCC/C=C\C/C=C\C/C=C\C/C=C\C/C=C\C/C=C\C/C=C\C/C=C\CC)COP(=O)(O)OCCN. The second-order valence-electron chi connectivity index (χ2n) is 23.3. The molecule has 0 aromatic heterocycles. The fourth-order valence-electron chi connectivity index (χ4n) is 9.35. The van der Waals surface area contributed by atoms with E-state index >= 15 is 0 Å². The smallest absolute Gasteiger partial charge is 0.462 e. The number of hydrogen-bond acceptors (Lipinski definition) is 8. The van der Waals surface area contributed by atoms with E-state index in [0.717, 1.165) is 167 Å². The van der Waals surface area contributed by atoms with E-state index in [1.165, 1.54) is 70.6 Å². The summed E-state index contributed by atoms with van der Waals surface area (Å²) in [5.74, 6) is -0.854. The number of rotatable bonds is 66. The van der Waals surface area contributed by atoms with E-state index in [2.05, 4.69) is 220 Å². The van der Waals surface area contributed by atoms with Crippen LogP contribution in [-0.2, 0) is 32.7 Å². The molecule has 0 radical (unpaired) electrons. The van der Waals surface area contributed by atoms with Gasteiger partial charge in [-0.05, 0) is 148 Å². The Morgan fingerprint density at radius 2 is 0.559 bits per heavy atom. The van der Waals surface area contributed by atoms with Gasteiger partial charge in [-0.1, -0.05) is 317 Å². The molecule has 10 heteroatoms. The summed E-state index contributed by atoms with van der Waals surface area (Å²) in [5, 5.41) is 0. The number of carbonyl (C=O) groups is 2. The van der Waals surface area contributed by atoms with Gasteiger partial charge in [0.2, 0.25) is 0 Å². The third kappa shape index (κ3) is 75.5. The van der Waals surface area contributed by atoms with E-state index < -0.39 is 32.5 Å². The molecule has 0 aliphatic heterocycles. The van der Waals surface area contributed by atoms with Crippen LogP contribution < -0.4 is 5.73 Å². The number of nitrogens with two attached hydrogens (primary N) is 1. The van der Waals surface area contributed by atoms with Crippen molar-refractivity contribution in [2.45, 2.75) is 277 Å². The zero-order valence-corrected chi connectivity index (χ0v) is 59.5. The van der Waals surface area contributed by atoms with Crippen LogP contribution in [0.5, 0.6) is 0 Å². The highest BCUT2D eigenvalue weighted by molar-refractivity contribution is 7.47. The molecule has 0 fully saturated rings. The van der Waals surface area contributed by atoms with Gasteiger partial charge in [0.05, 0.1) is 13.2 Å². The summed E-state index contributed by atoms with van der Waals surface area (Å²) >= 11 is 0. The van der Waals surface area contributed by atoms with Crippen LogP contribution in [-0.4, -0.2) is 49.3 Å². The van der Waals surface area contributed by atoms with Gasteiger partial charge in [-0.25, -0.2) is 4.57 Å². The average Bonchev–Trinajstić information content (AvgIpc) is 3.70. The zero-order chi connectivity index (χ0) is 67.2. The van der Waals surface area contributed by atoms with Crippen LogP contribution in [0.15, 0.2) is 207 Å². The number of unbranched alkanes of at least 4 members (excludes halogenated alkanes) is 19. The van der Waals surface area contributed by atoms with Crippen molar-refractivity contribution in [3.63, 3.8) is 0 Å². The molecule has 0 saturated heterocycles. The highest BCUT2D eigenvalue weighted by atomic mass is 31.2. The van der Waals surface area contributed by atoms with E-state index in [4.69, 9.17) is 24.3 Å². The average molecular weight is 1300 g/mol. The molecule has 2 atom stereocenters. The molecule has 9 nitrogen and oxygen atoms in total. The maximum Gasteiger partial charge on any atom is 0.472 e. The van der Waals surface area contributed by atoms with Gasteiger partial charge in [0.25, 0.3) is 0 Å². The van der Waals surface area contributed by atoms with Gasteiger partial charge in [0, 0.05) is 19.4 Å². The van der Waals surface area contributed by atoms with E-state index in [0.29, 0.717) is 6.42 Å². The second-order valence-corrected chi connectivity index (χ2v) is 24.8. The second kappa shape index (κ2) is 75.6. The van der Waals surface area contributed by atoms with Gasteiger partial charge >= 0.3 is 19.8 Å². The Morgan fingerprint density at radius 3 is 0.828 bits per heavy atom. The third-order valence-electron chi connectivity index (χ3n) is 14.7.